The van der Waals surface area contributed by atoms with E-state index in [1.54, 1.807) is 13.8 Å². The van der Waals surface area contributed by atoms with Gasteiger partial charge in [0.2, 0.25) is 5.89 Å². The highest BCUT2D eigenvalue weighted by Crippen LogP contribution is 2.27. The highest BCUT2D eigenvalue weighted by molar-refractivity contribution is 5.79. The molecule has 0 aliphatic carbocycles. The molecule has 2 rings (SSSR count). The fourth-order valence-electron chi connectivity index (χ4n) is 1.58. The van der Waals surface area contributed by atoms with E-state index in [2.05, 4.69) is 4.98 Å². The van der Waals surface area contributed by atoms with Crippen molar-refractivity contribution in [2.45, 2.75) is 26.2 Å². The third-order valence-electron chi connectivity index (χ3n) is 2.94. The molecule has 1 aromatic carbocycles. The number of aromatic nitrogens is 1. The number of carbonyl (C=O) groups is 1. The first-order chi connectivity index (χ1) is 8.41. The maximum atomic E-state index is 11.1. The van der Waals surface area contributed by atoms with Crippen LogP contribution in [0.15, 0.2) is 34.9 Å². The van der Waals surface area contributed by atoms with Crippen molar-refractivity contribution in [3.8, 4) is 11.5 Å². The van der Waals surface area contributed by atoms with Gasteiger partial charge in [-0.3, -0.25) is 4.79 Å². The molecule has 18 heavy (non-hydrogen) atoms. The summed E-state index contributed by atoms with van der Waals surface area (Å²) in [5.41, 5.74) is 1.32. The smallest absolute Gasteiger partial charge is 0.315 e. The Morgan fingerprint density at radius 3 is 2.72 bits per heavy atom. The summed E-state index contributed by atoms with van der Waals surface area (Å²) in [6.45, 7) is 5.19. The van der Waals surface area contributed by atoms with Crippen molar-refractivity contribution < 1.29 is 14.3 Å². The molecule has 0 amide bonds. The zero-order chi connectivity index (χ0) is 13.3. The Kier molecular flexibility index (Phi) is 2.95. The van der Waals surface area contributed by atoms with Gasteiger partial charge in [-0.05, 0) is 32.9 Å². The van der Waals surface area contributed by atoms with Crippen LogP contribution in [0, 0.1) is 6.92 Å². The Morgan fingerprint density at radius 1 is 1.39 bits per heavy atom. The van der Waals surface area contributed by atoms with Gasteiger partial charge < -0.3 is 9.52 Å². The van der Waals surface area contributed by atoms with Gasteiger partial charge in [-0.15, -0.1) is 0 Å². The minimum atomic E-state index is -1.05. The van der Waals surface area contributed by atoms with Crippen LogP contribution in [0.5, 0.6) is 0 Å². The average Bonchev–Trinajstić information content (AvgIpc) is 2.78. The Bertz CT molecular complexity index is 584. The van der Waals surface area contributed by atoms with Gasteiger partial charge in [0.15, 0.2) is 0 Å². The van der Waals surface area contributed by atoms with E-state index in [-0.39, 0.29) is 0 Å². The van der Waals surface area contributed by atoms with E-state index in [0.717, 1.165) is 11.1 Å². The minimum absolute atomic E-state index is 0.423. The molecule has 0 spiro atoms. The second-order valence-corrected chi connectivity index (χ2v) is 4.84. The van der Waals surface area contributed by atoms with Gasteiger partial charge in [0.25, 0.3) is 0 Å². The molecule has 0 radical (unpaired) electrons. The molecule has 0 aliphatic heterocycles. The van der Waals surface area contributed by atoms with E-state index in [0.29, 0.717) is 11.6 Å². The molecule has 4 heteroatoms. The molecular weight excluding hydrogens is 230 g/mol. The Morgan fingerprint density at radius 2 is 2.11 bits per heavy atom. The molecule has 4 nitrogen and oxygen atoms in total. The van der Waals surface area contributed by atoms with Gasteiger partial charge >= 0.3 is 5.97 Å². The van der Waals surface area contributed by atoms with E-state index in [1.165, 1.54) is 6.26 Å². The summed E-state index contributed by atoms with van der Waals surface area (Å²) in [4.78, 5) is 15.4. The zero-order valence-electron chi connectivity index (χ0n) is 10.6. The Hall–Kier alpha value is -2.10. The van der Waals surface area contributed by atoms with Crippen LogP contribution in [0.4, 0.5) is 0 Å². The Labute approximate surface area is 105 Å². The molecule has 0 saturated carbocycles. The van der Waals surface area contributed by atoms with Gasteiger partial charge in [-0.2, -0.15) is 0 Å². The summed E-state index contributed by atoms with van der Waals surface area (Å²) >= 11 is 0. The predicted octanol–water partition coefficient (Wildman–Crippen LogP) is 3.01. The highest BCUT2D eigenvalue weighted by Gasteiger charge is 2.33. The lowest BCUT2D eigenvalue weighted by Gasteiger charge is -2.14. The van der Waals surface area contributed by atoms with Crippen molar-refractivity contribution in [2.75, 3.05) is 0 Å². The van der Waals surface area contributed by atoms with Gasteiger partial charge in [0, 0.05) is 5.56 Å². The van der Waals surface area contributed by atoms with Crippen molar-refractivity contribution in [1.29, 1.82) is 0 Å². The largest absolute Gasteiger partial charge is 0.481 e. The molecule has 0 bridgehead atoms. The molecule has 1 aromatic heterocycles. The number of aliphatic carboxylic acids is 1. The maximum Gasteiger partial charge on any atom is 0.315 e. The zero-order valence-corrected chi connectivity index (χ0v) is 10.6. The van der Waals surface area contributed by atoms with Crippen LogP contribution < -0.4 is 0 Å². The molecule has 0 unspecified atom stereocenters. The van der Waals surface area contributed by atoms with Crippen LogP contribution in [0.3, 0.4) is 0 Å². The third kappa shape index (κ3) is 2.14. The normalized spacial score (nSPS) is 11.5. The van der Waals surface area contributed by atoms with Crippen LogP contribution in [0.1, 0.15) is 25.1 Å². The molecule has 2 aromatic rings. The van der Waals surface area contributed by atoms with Crippen LogP contribution in [0.25, 0.3) is 11.5 Å². The van der Waals surface area contributed by atoms with E-state index in [1.807, 2.05) is 31.2 Å². The minimum Gasteiger partial charge on any atom is -0.481 e. The molecule has 1 heterocycles. The number of benzene rings is 1. The third-order valence-corrected chi connectivity index (χ3v) is 2.94. The molecule has 0 aliphatic rings. The number of carboxylic acids is 1. The fourth-order valence-corrected chi connectivity index (χ4v) is 1.58. The average molecular weight is 245 g/mol. The summed E-state index contributed by atoms with van der Waals surface area (Å²) in [6, 6.07) is 7.73. The maximum absolute atomic E-state index is 11.1. The standard InChI is InChI=1S/C14H15NO3/c1-9-5-4-6-10(7-9)12-15-11(8-18-12)14(2,3)13(16)17/h4-8H,1-3H3,(H,16,17). The topological polar surface area (TPSA) is 63.3 Å². The summed E-state index contributed by atoms with van der Waals surface area (Å²) in [7, 11) is 0. The summed E-state index contributed by atoms with van der Waals surface area (Å²) < 4.78 is 5.37. The van der Waals surface area contributed by atoms with Crippen molar-refractivity contribution in [1.82, 2.24) is 4.98 Å². The van der Waals surface area contributed by atoms with Gasteiger partial charge in [0.1, 0.15) is 11.7 Å². The van der Waals surface area contributed by atoms with E-state index >= 15 is 0 Å². The van der Waals surface area contributed by atoms with Crippen LogP contribution >= 0.6 is 0 Å². The van der Waals surface area contributed by atoms with Gasteiger partial charge in [-0.25, -0.2) is 4.98 Å². The van der Waals surface area contributed by atoms with Crippen LogP contribution in [0.2, 0.25) is 0 Å². The predicted molar refractivity (Wildman–Crippen MR) is 67.3 cm³/mol. The number of rotatable bonds is 3. The molecule has 1 N–H and O–H groups in total. The molecule has 0 fully saturated rings. The lowest BCUT2D eigenvalue weighted by molar-refractivity contribution is -0.142. The Balaban J connectivity index is 2.40. The number of carboxylic acid groups (broad SMARTS) is 1. The molecule has 0 saturated heterocycles. The molecular formula is C14H15NO3. The van der Waals surface area contributed by atoms with E-state index < -0.39 is 11.4 Å². The lowest BCUT2D eigenvalue weighted by atomic mass is 9.90. The van der Waals surface area contributed by atoms with E-state index in [9.17, 15) is 4.79 Å². The van der Waals surface area contributed by atoms with Crippen LogP contribution in [-0.2, 0) is 10.2 Å². The second-order valence-electron chi connectivity index (χ2n) is 4.84. The number of nitrogens with zero attached hydrogens (tertiary/aromatic N) is 1. The summed E-state index contributed by atoms with van der Waals surface area (Å²) in [5.74, 6) is -0.477. The number of aryl methyl sites for hydroxylation is 1. The lowest BCUT2D eigenvalue weighted by Crippen LogP contribution is -2.28. The fraction of sp³-hybridized carbons (Fsp3) is 0.286. The first-order valence-electron chi connectivity index (χ1n) is 5.67. The SMILES string of the molecule is Cc1cccc(-c2nc(C(C)(C)C(=O)O)co2)c1. The van der Waals surface area contributed by atoms with Crippen molar-refractivity contribution in [3.05, 3.63) is 41.8 Å². The second kappa shape index (κ2) is 4.29. The number of oxazole rings is 1. The molecule has 94 valence electrons. The molecule has 0 atom stereocenters. The highest BCUT2D eigenvalue weighted by atomic mass is 16.4. The van der Waals surface area contributed by atoms with E-state index in [4.69, 9.17) is 9.52 Å². The summed E-state index contributed by atoms with van der Waals surface area (Å²) in [5, 5.41) is 9.14. The van der Waals surface area contributed by atoms with Gasteiger partial charge in [0.05, 0.1) is 5.69 Å². The van der Waals surface area contributed by atoms with Crippen LogP contribution in [-0.4, -0.2) is 16.1 Å². The van der Waals surface area contributed by atoms with Crippen molar-refractivity contribution in [2.24, 2.45) is 0 Å². The quantitative estimate of drug-likeness (QED) is 0.902. The monoisotopic (exact) mass is 245 g/mol. The number of hydrogen-bond donors (Lipinski definition) is 1. The van der Waals surface area contributed by atoms with Gasteiger partial charge in [-0.1, -0.05) is 17.7 Å². The first kappa shape index (κ1) is 12.4. The number of hydrogen-bond acceptors (Lipinski definition) is 3. The summed E-state index contributed by atoms with van der Waals surface area (Å²) in [6.07, 6.45) is 1.41. The van der Waals surface area contributed by atoms with Crippen molar-refractivity contribution >= 4 is 5.97 Å². The first-order valence-corrected chi connectivity index (χ1v) is 5.67. The van der Waals surface area contributed by atoms with Crippen molar-refractivity contribution in [3.63, 3.8) is 0 Å².